The first kappa shape index (κ1) is 11.2. The number of aryl methyl sites for hydroxylation is 2. The van der Waals surface area contributed by atoms with Gasteiger partial charge in [-0.3, -0.25) is 4.68 Å². The number of nitrogens with one attached hydrogen (secondary N) is 1. The Morgan fingerprint density at radius 2 is 2.41 bits per heavy atom. The van der Waals surface area contributed by atoms with Crippen molar-refractivity contribution in [1.82, 2.24) is 14.9 Å². The van der Waals surface area contributed by atoms with Crippen molar-refractivity contribution in [3.05, 3.63) is 29.3 Å². The molecule has 0 aliphatic heterocycles. The fourth-order valence-corrected chi connectivity index (χ4v) is 1.62. The predicted molar refractivity (Wildman–Crippen MR) is 58.7 cm³/mol. The molecule has 2 heterocycles. The molecule has 17 heavy (non-hydrogen) atoms. The largest absolute Gasteiger partial charge is 0.477 e. The first-order valence-corrected chi connectivity index (χ1v) is 5.00. The molecular formula is C10H12N4O3. The molecule has 0 spiro atoms. The number of carbonyl (C=O) groups is 1. The number of carboxylic acids is 1. The van der Waals surface area contributed by atoms with Crippen LogP contribution in [0.2, 0.25) is 0 Å². The molecule has 2 rings (SSSR count). The van der Waals surface area contributed by atoms with Crippen LogP contribution >= 0.6 is 0 Å². The average Bonchev–Trinajstić information content (AvgIpc) is 2.83. The Morgan fingerprint density at radius 3 is 3.00 bits per heavy atom. The van der Waals surface area contributed by atoms with E-state index >= 15 is 0 Å². The van der Waals surface area contributed by atoms with E-state index < -0.39 is 5.97 Å². The van der Waals surface area contributed by atoms with E-state index in [0.717, 1.165) is 0 Å². The van der Waals surface area contributed by atoms with Crippen molar-refractivity contribution in [1.29, 1.82) is 0 Å². The molecule has 0 saturated carbocycles. The summed E-state index contributed by atoms with van der Waals surface area (Å²) in [5, 5.41) is 19.7. The summed E-state index contributed by atoms with van der Waals surface area (Å²) < 4.78 is 6.41. The summed E-state index contributed by atoms with van der Waals surface area (Å²) in [6.07, 6.45) is 1.53. The predicted octanol–water partition coefficient (Wildman–Crippen LogP) is 1.03. The highest BCUT2D eigenvalue weighted by atomic mass is 16.5. The summed E-state index contributed by atoms with van der Waals surface area (Å²) in [5.74, 6) is 0.0715. The number of rotatable bonds is 4. The summed E-state index contributed by atoms with van der Waals surface area (Å²) in [6.45, 7) is 2.02. The second kappa shape index (κ2) is 4.28. The maximum absolute atomic E-state index is 11.1. The lowest BCUT2D eigenvalue weighted by molar-refractivity contribution is 0.0697. The molecule has 7 nitrogen and oxygen atoms in total. The van der Waals surface area contributed by atoms with Gasteiger partial charge < -0.3 is 14.9 Å². The van der Waals surface area contributed by atoms with E-state index in [2.05, 4.69) is 15.6 Å². The highest BCUT2D eigenvalue weighted by molar-refractivity contribution is 5.94. The van der Waals surface area contributed by atoms with Crippen molar-refractivity contribution in [2.45, 2.75) is 13.5 Å². The monoisotopic (exact) mass is 236 g/mol. The van der Waals surface area contributed by atoms with Gasteiger partial charge in [-0.15, -0.1) is 0 Å². The molecule has 0 atom stereocenters. The van der Waals surface area contributed by atoms with E-state index in [9.17, 15) is 4.79 Å². The second-order valence-corrected chi connectivity index (χ2v) is 3.57. The molecule has 0 unspecified atom stereocenters. The molecule has 0 aromatic carbocycles. The normalized spacial score (nSPS) is 10.5. The standard InChI is InChI=1S/C10H12N4O3/c1-6-8(10(15)16)9(14(2)13-6)11-5-7-3-4-12-17-7/h3-4,11H,5H2,1-2H3,(H,15,16). The lowest BCUT2D eigenvalue weighted by Crippen LogP contribution is -2.08. The molecular weight excluding hydrogens is 224 g/mol. The number of anilines is 1. The molecule has 2 aromatic heterocycles. The summed E-state index contributed by atoms with van der Waals surface area (Å²) in [5.41, 5.74) is 0.645. The highest BCUT2D eigenvalue weighted by Gasteiger charge is 2.19. The van der Waals surface area contributed by atoms with Gasteiger partial charge in [0.25, 0.3) is 0 Å². The van der Waals surface area contributed by atoms with Gasteiger partial charge in [0.15, 0.2) is 5.76 Å². The first-order chi connectivity index (χ1) is 8.09. The van der Waals surface area contributed by atoms with Crippen LogP contribution in [0.5, 0.6) is 0 Å². The molecule has 2 aromatic rings. The van der Waals surface area contributed by atoms with Gasteiger partial charge in [-0.1, -0.05) is 5.16 Å². The number of hydrogen-bond donors (Lipinski definition) is 2. The van der Waals surface area contributed by atoms with Gasteiger partial charge in [-0.25, -0.2) is 4.79 Å². The Balaban J connectivity index is 2.23. The van der Waals surface area contributed by atoms with Crippen LogP contribution in [0.4, 0.5) is 5.82 Å². The van der Waals surface area contributed by atoms with Crippen LogP contribution in [-0.2, 0) is 13.6 Å². The molecule has 90 valence electrons. The van der Waals surface area contributed by atoms with Gasteiger partial charge in [0.1, 0.15) is 11.4 Å². The summed E-state index contributed by atoms with van der Waals surface area (Å²) in [6, 6.07) is 1.71. The van der Waals surface area contributed by atoms with E-state index in [1.165, 1.54) is 10.9 Å². The molecule has 0 saturated heterocycles. The van der Waals surface area contributed by atoms with Crippen molar-refractivity contribution in [3.8, 4) is 0 Å². The van der Waals surface area contributed by atoms with Crippen LogP contribution < -0.4 is 5.32 Å². The van der Waals surface area contributed by atoms with Crippen LogP contribution in [0, 0.1) is 6.92 Å². The first-order valence-electron chi connectivity index (χ1n) is 5.00. The average molecular weight is 236 g/mol. The highest BCUT2D eigenvalue weighted by Crippen LogP contribution is 2.19. The third-order valence-corrected chi connectivity index (χ3v) is 2.36. The number of carboxylic acid groups (broad SMARTS) is 1. The zero-order chi connectivity index (χ0) is 12.4. The minimum Gasteiger partial charge on any atom is -0.477 e. The fraction of sp³-hybridized carbons (Fsp3) is 0.300. The summed E-state index contributed by atoms with van der Waals surface area (Å²) in [7, 11) is 1.68. The lowest BCUT2D eigenvalue weighted by Gasteiger charge is -2.05. The number of aromatic nitrogens is 3. The van der Waals surface area contributed by atoms with Crippen molar-refractivity contribution in [2.24, 2.45) is 7.05 Å². The molecule has 0 bridgehead atoms. The van der Waals surface area contributed by atoms with Gasteiger partial charge in [0.2, 0.25) is 0 Å². The van der Waals surface area contributed by atoms with Crippen LogP contribution in [0.15, 0.2) is 16.8 Å². The van der Waals surface area contributed by atoms with Crippen LogP contribution in [0.3, 0.4) is 0 Å². The zero-order valence-corrected chi connectivity index (χ0v) is 9.47. The Hall–Kier alpha value is -2.31. The molecule has 0 fully saturated rings. The summed E-state index contributed by atoms with van der Waals surface area (Å²) >= 11 is 0. The topological polar surface area (TPSA) is 93.2 Å². The number of nitrogens with zero attached hydrogens (tertiary/aromatic N) is 3. The maximum Gasteiger partial charge on any atom is 0.341 e. The minimum absolute atomic E-state index is 0.173. The second-order valence-electron chi connectivity index (χ2n) is 3.57. The number of hydrogen-bond acceptors (Lipinski definition) is 5. The lowest BCUT2D eigenvalue weighted by atomic mass is 10.2. The third-order valence-electron chi connectivity index (χ3n) is 2.36. The number of aromatic carboxylic acids is 1. The maximum atomic E-state index is 11.1. The molecule has 7 heteroatoms. The Labute approximate surface area is 97.0 Å². The SMILES string of the molecule is Cc1nn(C)c(NCc2ccno2)c1C(=O)O. The minimum atomic E-state index is -1.00. The van der Waals surface area contributed by atoms with E-state index in [0.29, 0.717) is 23.8 Å². The molecule has 2 N–H and O–H groups in total. The van der Waals surface area contributed by atoms with Crippen molar-refractivity contribution in [3.63, 3.8) is 0 Å². The molecule has 0 aliphatic carbocycles. The quantitative estimate of drug-likeness (QED) is 0.823. The van der Waals surface area contributed by atoms with Gasteiger partial charge in [-0.2, -0.15) is 5.10 Å². The van der Waals surface area contributed by atoms with Crippen molar-refractivity contribution >= 4 is 11.8 Å². The molecule has 0 aliphatic rings. The fourth-order valence-electron chi connectivity index (χ4n) is 1.62. The third kappa shape index (κ3) is 2.12. The Bertz CT molecular complexity index is 530. The van der Waals surface area contributed by atoms with Gasteiger partial charge in [-0.05, 0) is 6.92 Å². The van der Waals surface area contributed by atoms with E-state index in [1.807, 2.05) is 0 Å². The molecule has 0 radical (unpaired) electrons. The summed E-state index contributed by atoms with van der Waals surface area (Å²) in [4.78, 5) is 11.1. The Kier molecular flexibility index (Phi) is 2.82. The zero-order valence-electron chi connectivity index (χ0n) is 9.47. The van der Waals surface area contributed by atoms with Gasteiger partial charge in [0, 0.05) is 13.1 Å². The molecule has 0 amide bonds. The smallest absolute Gasteiger partial charge is 0.341 e. The van der Waals surface area contributed by atoms with Crippen molar-refractivity contribution < 1.29 is 14.4 Å². The van der Waals surface area contributed by atoms with Crippen LogP contribution in [0.25, 0.3) is 0 Å². The Morgan fingerprint density at radius 1 is 1.65 bits per heavy atom. The van der Waals surface area contributed by atoms with Crippen LogP contribution in [-0.4, -0.2) is 26.0 Å². The van der Waals surface area contributed by atoms with E-state index in [4.69, 9.17) is 9.63 Å². The van der Waals surface area contributed by atoms with E-state index in [1.54, 1.807) is 20.0 Å². The van der Waals surface area contributed by atoms with Crippen LogP contribution in [0.1, 0.15) is 21.8 Å². The van der Waals surface area contributed by atoms with Gasteiger partial charge in [0.05, 0.1) is 18.4 Å². The van der Waals surface area contributed by atoms with Gasteiger partial charge >= 0.3 is 5.97 Å². The van der Waals surface area contributed by atoms with Crippen molar-refractivity contribution in [2.75, 3.05) is 5.32 Å². The van der Waals surface area contributed by atoms with E-state index in [-0.39, 0.29) is 5.56 Å².